The molecule has 0 aliphatic heterocycles. The Hall–Kier alpha value is -1.82. The van der Waals surface area contributed by atoms with E-state index in [0.717, 1.165) is 30.0 Å². The summed E-state index contributed by atoms with van der Waals surface area (Å²) in [6, 6.07) is 5.72. The molecule has 4 aliphatic rings. The molecule has 2 heterocycles. The Morgan fingerprint density at radius 3 is 2.54 bits per heavy atom. The van der Waals surface area contributed by atoms with Crippen LogP contribution in [0.2, 0.25) is 0 Å². The van der Waals surface area contributed by atoms with Crippen LogP contribution < -0.4 is 5.32 Å². The van der Waals surface area contributed by atoms with Crippen molar-refractivity contribution in [1.82, 2.24) is 15.2 Å². The number of nitrogens with one attached hydrogen (secondary N) is 1. The molecule has 2 atom stereocenters. The highest BCUT2D eigenvalue weighted by Crippen LogP contribution is 2.69. The molecule has 0 saturated heterocycles. The third kappa shape index (κ3) is 2.57. The van der Waals surface area contributed by atoms with E-state index in [2.05, 4.69) is 34.3 Å². The maximum atomic E-state index is 13.3. The van der Waals surface area contributed by atoms with Crippen LogP contribution in [0.15, 0.2) is 24.4 Å². The number of carbonyl (C=O) groups is 1. The van der Waals surface area contributed by atoms with Crippen LogP contribution in [-0.4, -0.2) is 21.1 Å². The lowest BCUT2D eigenvalue weighted by molar-refractivity contribution is -0.165. The van der Waals surface area contributed by atoms with E-state index >= 15 is 0 Å². The van der Waals surface area contributed by atoms with E-state index in [9.17, 15) is 4.79 Å². The number of rotatable bonds is 3. The van der Waals surface area contributed by atoms with Gasteiger partial charge in [-0.15, -0.1) is 10.2 Å². The van der Waals surface area contributed by atoms with Crippen molar-refractivity contribution < 1.29 is 4.79 Å². The van der Waals surface area contributed by atoms with Gasteiger partial charge in [0.25, 0.3) is 0 Å². The summed E-state index contributed by atoms with van der Waals surface area (Å²) in [6.07, 6.45) is 8.67. The molecular weight excluding hydrogens is 344 g/mol. The molecule has 136 valence electrons. The van der Waals surface area contributed by atoms with Crippen LogP contribution in [0.25, 0.3) is 10.7 Å². The van der Waals surface area contributed by atoms with Gasteiger partial charge in [-0.05, 0) is 67.4 Å². The highest BCUT2D eigenvalue weighted by molar-refractivity contribution is 7.18. The molecule has 1 amide bonds. The standard InChI is InChI=1S/C20H24N4OS/c1-18-7-13-8-19(2,10-18)12-20(9-13,11-18)16(25)22-17-24-23-15(26-17)14-5-3-4-6-21-14/h3-6,13H,7-12H2,1-2H3,(H,22,24,25). The first kappa shape index (κ1) is 16.4. The molecule has 1 N–H and O–H groups in total. The number of aromatic nitrogens is 3. The minimum atomic E-state index is -0.222. The van der Waals surface area contributed by atoms with E-state index in [0.29, 0.717) is 21.9 Å². The van der Waals surface area contributed by atoms with Crippen LogP contribution >= 0.6 is 11.3 Å². The minimum absolute atomic E-state index is 0.155. The molecule has 6 rings (SSSR count). The van der Waals surface area contributed by atoms with Crippen LogP contribution in [0.1, 0.15) is 52.4 Å². The van der Waals surface area contributed by atoms with Crippen LogP contribution in [0, 0.1) is 22.2 Å². The minimum Gasteiger partial charge on any atom is -0.300 e. The predicted octanol–water partition coefficient (Wildman–Crippen LogP) is 4.54. The second kappa shape index (κ2) is 5.35. The largest absolute Gasteiger partial charge is 0.300 e. The van der Waals surface area contributed by atoms with Gasteiger partial charge >= 0.3 is 0 Å². The molecule has 2 aromatic rings. The average Bonchev–Trinajstić information content (AvgIpc) is 3.01. The maximum absolute atomic E-state index is 13.3. The zero-order chi connectivity index (χ0) is 18.0. The summed E-state index contributed by atoms with van der Waals surface area (Å²) >= 11 is 1.40. The average molecular weight is 369 g/mol. The van der Waals surface area contributed by atoms with Gasteiger partial charge in [0, 0.05) is 6.20 Å². The quantitative estimate of drug-likeness (QED) is 0.864. The van der Waals surface area contributed by atoms with Crippen molar-refractivity contribution in [2.45, 2.75) is 52.4 Å². The van der Waals surface area contributed by atoms with E-state index in [-0.39, 0.29) is 11.3 Å². The van der Waals surface area contributed by atoms with Crippen molar-refractivity contribution in [3.05, 3.63) is 24.4 Å². The third-order valence-electron chi connectivity index (χ3n) is 6.64. The first-order chi connectivity index (χ1) is 12.4. The molecule has 4 aliphatic carbocycles. The van der Waals surface area contributed by atoms with Crippen molar-refractivity contribution in [2.24, 2.45) is 22.2 Å². The first-order valence-electron chi connectivity index (χ1n) is 9.44. The summed E-state index contributed by atoms with van der Waals surface area (Å²) in [6.45, 7) is 4.78. The molecule has 2 aromatic heterocycles. The summed E-state index contributed by atoms with van der Waals surface area (Å²) in [7, 11) is 0. The molecule has 0 aromatic carbocycles. The van der Waals surface area contributed by atoms with E-state index in [1.54, 1.807) is 6.20 Å². The van der Waals surface area contributed by atoms with Crippen LogP contribution in [0.5, 0.6) is 0 Å². The number of hydrogen-bond acceptors (Lipinski definition) is 5. The highest BCUT2D eigenvalue weighted by atomic mass is 32.1. The van der Waals surface area contributed by atoms with Crippen LogP contribution in [-0.2, 0) is 4.79 Å². The second-order valence-corrected chi connectivity index (χ2v) is 10.5. The number of carbonyl (C=O) groups excluding carboxylic acids is 1. The lowest BCUT2D eigenvalue weighted by Crippen LogP contribution is -2.58. The molecule has 4 bridgehead atoms. The van der Waals surface area contributed by atoms with Crippen molar-refractivity contribution in [1.29, 1.82) is 0 Å². The van der Waals surface area contributed by atoms with Crippen LogP contribution in [0.4, 0.5) is 5.13 Å². The topological polar surface area (TPSA) is 67.8 Å². The van der Waals surface area contributed by atoms with Gasteiger partial charge in [-0.3, -0.25) is 9.78 Å². The fourth-order valence-electron chi connectivity index (χ4n) is 6.80. The lowest BCUT2D eigenvalue weighted by Gasteiger charge is -2.64. The molecular formula is C20H24N4OS. The van der Waals surface area contributed by atoms with Crippen molar-refractivity contribution in [3.8, 4) is 10.7 Å². The SMILES string of the molecule is CC12CC3CC(C)(C1)CC(C(=O)Nc1nnc(-c4ccccn4)s1)(C3)C2. The smallest absolute Gasteiger partial charge is 0.232 e. The third-order valence-corrected chi connectivity index (χ3v) is 7.50. The summed E-state index contributed by atoms with van der Waals surface area (Å²) < 4.78 is 0. The molecule has 4 saturated carbocycles. The van der Waals surface area contributed by atoms with E-state index < -0.39 is 0 Å². The second-order valence-electron chi connectivity index (χ2n) is 9.49. The van der Waals surface area contributed by atoms with Crippen molar-refractivity contribution >= 4 is 22.4 Å². The number of anilines is 1. The summed E-state index contributed by atoms with van der Waals surface area (Å²) in [5.74, 6) is 0.855. The number of amides is 1. The predicted molar refractivity (Wildman–Crippen MR) is 102 cm³/mol. The summed E-state index contributed by atoms with van der Waals surface area (Å²) in [4.78, 5) is 17.6. The van der Waals surface area contributed by atoms with E-state index in [1.165, 1.54) is 30.6 Å². The molecule has 26 heavy (non-hydrogen) atoms. The van der Waals surface area contributed by atoms with Gasteiger partial charge in [0.1, 0.15) is 5.69 Å². The van der Waals surface area contributed by atoms with E-state index in [1.807, 2.05) is 18.2 Å². The van der Waals surface area contributed by atoms with Gasteiger partial charge in [0.2, 0.25) is 11.0 Å². The maximum Gasteiger partial charge on any atom is 0.232 e. The van der Waals surface area contributed by atoms with E-state index in [4.69, 9.17) is 0 Å². The van der Waals surface area contributed by atoms with Gasteiger partial charge in [-0.1, -0.05) is 31.3 Å². The van der Waals surface area contributed by atoms with Gasteiger partial charge < -0.3 is 5.32 Å². The Kier molecular flexibility index (Phi) is 3.36. The monoisotopic (exact) mass is 368 g/mol. The summed E-state index contributed by atoms with van der Waals surface area (Å²) in [5.41, 5.74) is 1.22. The number of hydrogen-bond donors (Lipinski definition) is 1. The molecule has 0 radical (unpaired) electrons. The Bertz CT molecular complexity index is 846. The number of nitrogens with zero attached hydrogens (tertiary/aromatic N) is 3. The molecule has 5 nitrogen and oxygen atoms in total. The number of pyridine rings is 1. The Morgan fingerprint density at radius 1 is 1.12 bits per heavy atom. The zero-order valence-corrected chi connectivity index (χ0v) is 16.1. The van der Waals surface area contributed by atoms with Crippen LogP contribution in [0.3, 0.4) is 0 Å². The zero-order valence-electron chi connectivity index (χ0n) is 15.3. The first-order valence-corrected chi connectivity index (χ1v) is 10.3. The molecule has 2 unspecified atom stereocenters. The normalized spacial score (nSPS) is 37.7. The van der Waals surface area contributed by atoms with Gasteiger partial charge in [-0.25, -0.2) is 0 Å². The van der Waals surface area contributed by atoms with Gasteiger partial charge in [0.15, 0.2) is 5.01 Å². The molecule has 4 fully saturated rings. The van der Waals surface area contributed by atoms with Crippen molar-refractivity contribution in [3.63, 3.8) is 0 Å². The Morgan fingerprint density at radius 2 is 1.88 bits per heavy atom. The van der Waals surface area contributed by atoms with Gasteiger partial charge in [0.05, 0.1) is 5.41 Å². The van der Waals surface area contributed by atoms with Gasteiger partial charge in [-0.2, -0.15) is 0 Å². The molecule has 0 spiro atoms. The molecule has 6 heteroatoms. The Balaban J connectivity index is 1.39. The fraction of sp³-hybridized carbons (Fsp3) is 0.600. The van der Waals surface area contributed by atoms with Crippen molar-refractivity contribution in [2.75, 3.05) is 5.32 Å². The Labute approximate surface area is 157 Å². The highest BCUT2D eigenvalue weighted by Gasteiger charge is 2.62. The lowest BCUT2D eigenvalue weighted by atomic mass is 9.40. The summed E-state index contributed by atoms with van der Waals surface area (Å²) in [5, 5.41) is 12.8. The fourth-order valence-corrected chi connectivity index (χ4v) is 7.51.